The van der Waals surface area contributed by atoms with Crippen LogP contribution in [-0.4, -0.2) is 26.0 Å². The average molecular weight is 251 g/mol. The fourth-order valence-electron chi connectivity index (χ4n) is 1.16. The molecule has 17 heavy (non-hydrogen) atoms. The molecule has 0 aliphatic rings. The van der Waals surface area contributed by atoms with Crippen molar-refractivity contribution < 1.29 is 9.90 Å². The number of halogens is 1. The third kappa shape index (κ3) is 2.67. The van der Waals surface area contributed by atoms with Crippen LogP contribution in [0.2, 0.25) is 5.15 Å². The van der Waals surface area contributed by atoms with Gasteiger partial charge >= 0.3 is 0 Å². The zero-order chi connectivity index (χ0) is 12.3. The van der Waals surface area contributed by atoms with E-state index in [1.807, 2.05) is 0 Å². The first-order chi connectivity index (χ1) is 8.16. The van der Waals surface area contributed by atoms with Gasteiger partial charge in [-0.3, -0.25) is 9.78 Å². The number of carbonyl (C=O) groups excluding carboxylic acids is 1. The van der Waals surface area contributed by atoms with Gasteiger partial charge in [0.15, 0.2) is 0 Å². The molecule has 0 atom stereocenters. The van der Waals surface area contributed by atoms with Crippen LogP contribution in [0, 0.1) is 0 Å². The summed E-state index contributed by atoms with van der Waals surface area (Å²) < 4.78 is 0. The zero-order valence-corrected chi connectivity index (χ0v) is 9.22. The summed E-state index contributed by atoms with van der Waals surface area (Å²) in [5, 5.41) is 12.1. The molecule has 0 saturated carbocycles. The Morgan fingerprint density at radius 3 is 2.94 bits per heavy atom. The van der Waals surface area contributed by atoms with Gasteiger partial charge < -0.3 is 10.4 Å². The van der Waals surface area contributed by atoms with Gasteiger partial charge in [-0.15, -0.1) is 0 Å². The minimum Gasteiger partial charge on any atom is -0.505 e. The molecule has 7 heteroatoms. The summed E-state index contributed by atoms with van der Waals surface area (Å²) in [6.45, 7) is 0. The van der Waals surface area contributed by atoms with Gasteiger partial charge in [0, 0.05) is 12.3 Å². The molecule has 2 aromatic heterocycles. The third-order valence-electron chi connectivity index (χ3n) is 1.92. The van der Waals surface area contributed by atoms with Gasteiger partial charge in [0.05, 0.1) is 11.8 Å². The molecule has 2 heterocycles. The number of nitrogens with zero attached hydrogens (tertiary/aromatic N) is 3. The number of pyridine rings is 1. The van der Waals surface area contributed by atoms with Crippen molar-refractivity contribution in [1.29, 1.82) is 0 Å². The normalized spacial score (nSPS) is 9.94. The quantitative estimate of drug-likeness (QED) is 0.789. The fourth-order valence-corrected chi connectivity index (χ4v) is 1.31. The SMILES string of the molecule is O=C(Nc1cc(Cl)ncn1)c1ccncc1O. The molecular weight excluding hydrogens is 244 g/mol. The van der Waals surface area contributed by atoms with Gasteiger partial charge in [0.25, 0.3) is 5.91 Å². The Bertz CT molecular complexity index is 562. The maximum absolute atomic E-state index is 11.7. The monoisotopic (exact) mass is 250 g/mol. The lowest BCUT2D eigenvalue weighted by molar-refractivity contribution is 0.102. The molecule has 0 aromatic carbocycles. The predicted molar refractivity (Wildman–Crippen MR) is 60.9 cm³/mol. The van der Waals surface area contributed by atoms with Crippen molar-refractivity contribution in [2.45, 2.75) is 0 Å². The second-order valence-electron chi connectivity index (χ2n) is 3.07. The van der Waals surface area contributed by atoms with E-state index in [0.29, 0.717) is 0 Å². The van der Waals surface area contributed by atoms with Crippen molar-refractivity contribution in [3.8, 4) is 5.75 Å². The summed E-state index contributed by atoms with van der Waals surface area (Å²) in [5.74, 6) is -0.448. The lowest BCUT2D eigenvalue weighted by atomic mass is 10.2. The van der Waals surface area contributed by atoms with E-state index in [1.54, 1.807) is 0 Å². The number of hydrogen-bond donors (Lipinski definition) is 2. The number of amides is 1. The molecule has 86 valence electrons. The third-order valence-corrected chi connectivity index (χ3v) is 2.13. The molecule has 0 bridgehead atoms. The summed E-state index contributed by atoms with van der Waals surface area (Å²) in [5.41, 5.74) is 0.106. The first-order valence-electron chi connectivity index (χ1n) is 4.58. The summed E-state index contributed by atoms with van der Waals surface area (Å²) in [7, 11) is 0. The Kier molecular flexibility index (Phi) is 3.15. The van der Waals surface area contributed by atoms with Crippen LogP contribution in [0.1, 0.15) is 10.4 Å². The van der Waals surface area contributed by atoms with E-state index < -0.39 is 5.91 Å². The van der Waals surface area contributed by atoms with Crippen LogP contribution in [0.5, 0.6) is 5.75 Å². The van der Waals surface area contributed by atoms with Crippen molar-refractivity contribution in [1.82, 2.24) is 15.0 Å². The minimum atomic E-state index is -0.500. The van der Waals surface area contributed by atoms with E-state index >= 15 is 0 Å². The first kappa shape index (κ1) is 11.3. The van der Waals surface area contributed by atoms with Crippen LogP contribution < -0.4 is 5.32 Å². The Morgan fingerprint density at radius 1 is 1.41 bits per heavy atom. The summed E-state index contributed by atoms with van der Waals surface area (Å²) in [6.07, 6.45) is 3.81. The highest BCUT2D eigenvalue weighted by Crippen LogP contribution is 2.16. The Hall–Kier alpha value is -2.21. The van der Waals surface area contributed by atoms with Gasteiger partial charge in [0.1, 0.15) is 23.0 Å². The second-order valence-corrected chi connectivity index (χ2v) is 3.46. The summed E-state index contributed by atoms with van der Waals surface area (Å²) in [6, 6.07) is 2.80. The Labute approximate surface area is 101 Å². The topological polar surface area (TPSA) is 88.0 Å². The number of aromatic hydroxyl groups is 1. The summed E-state index contributed by atoms with van der Waals surface area (Å²) in [4.78, 5) is 22.9. The largest absolute Gasteiger partial charge is 0.505 e. The molecule has 2 aromatic rings. The molecule has 0 aliphatic carbocycles. The van der Waals surface area contributed by atoms with E-state index in [4.69, 9.17) is 11.6 Å². The van der Waals surface area contributed by atoms with Crippen LogP contribution in [-0.2, 0) is 0 Å². The maximum atomic E-state index is 11.7. The maximum Gasteiger partial charge on any atom is 0.260 e. The van der Waals surface area contributed by atoms with Gasteiger partial charge in [-0.2, -0.15) is 0 Å². The van der Waals surface area contributed by atoms with Crippen molar-refractivity contribution in [3.63, 3.8) is 0 Å². The van der Waals surface area contributed by atoms with Gasteiger partial charge in [-0.1, -0.05) is 11.6 Å². The van der Waals surface area contributed by atoms with Crippen LogP contribution in [0.15, 0.2) is 30.9 Å². The highest BCUT2D eigenvalue weighted by molar-refractivity contribution is 6.29. The molecule has 2 rings (SSSR count). The molecule has 0 unspecified atom stereocenters. The smallest absolute Gasteiger partial charge is 0.260 e. The molecule has 0 saturated heterocycles. The molecule has 0 fully saturated rings. The van der Waals surface area contributed by atoms with Gasteiger partial charge in [0.2, 0.25) is 0 Å². The lowest BCUT2D eigenvalue weighted by Crippen LogP contribution is -2.13. The number of nitrogens with one attached hydrogen (secondary N) is 1. The molecule has 1 amide bonds. The standard InChI is InChI=1S/C10H7ClN4O2/c11-8-3-9(14-5-13-8)15-10(17)6-1-2-12-4-7(6)16/h1-5,16H,(H,13,14,15,17). The van der Waals surface area contributed by atoms with Crippen molar-refractivity contribution in [2.75, 3.05) is 5.32 Å². The van der Waals surface area contributed by atoms with E-state index in [9.17, 15) is 9.90 Å². The number of aromatic nitrogens is 3. The number of hydrogen-bond acceptors (Lipinski definition) is 5. The van der Waals surface area contributed by atoms with Gasteiger partial charge in [-0.05, 0) is 6.07 Å². The van der Waals surface area contributed by atoms with Crippen LogP contribution >= 0.6 is 11.6 Å². The van der Waals surface area contributed by atoms with E-state index in [1.165, 1.54) is 30.9 Å². The molecule has 6 nitrogen and oxygen atoms in total. The van der Waals surface area contributed by atoms with Crippen LogP contribution in [0.25, 0.3) is 0 Å². The lowest BCUT2D eigenvalue weighted by Gasteiger charge is -2.05. The van der Waals surface area contributed by atoms with Crippen molar-refractivity contribution in [3.05, 3.63) is 41.6 Å². The molecule has 0 aliphatic heterocycles. The molecule has 0 radical (unpaired) electrons. The molecule has 0 spiro atoms. The van der Waals surface area contributed by atoms with E-state index in [0.717, 1.165) is 0 Å². The second kappa shape index (κ2) is 4.75. The average Bonchev–Trinajstić information content (AvgIpc) is 2.29. The molecule has 2 N–H and O–H groups in total. The Balaban J connectivity index is 2.20. The van der Waals surface area contributed by atoms with Crippen molar-refractivity contribution >= 4 is 23.3 Å². The fraction of sp³-hybridized carbons (Fsp3) is 0. The highest BCUT2D eigenvalue weighted by atomic mass is 35.5. The summed E-state index contributed by atoms with van der Waals surface area (Å²) >= 11 is 5.64. The zero-order valence-electron chi connectivity index (χ0n) is 8.46. The van der Waals surface area contributed by atoms with Crippen LogP contribution in [0.3, 0.4) is 0 Å². The van der Waals surface area contributed by atoms with Gasteiger partial charge in [-0.25, -0.2) is 9.97 Å². The Morgan fingerprint density at radius 2 is 2.24 bits per heavy atom. The minimum absolute atomic E-state index is 0.106. The van der Waals surface area contributed by atoms with E-state index in [2.05, 4.69) is 20.3 Å². The first-order valence-corrected chi connectivity index (χ1v) is 4.96. The van der Waals surface area contributed by atoms with Crippen LogP contribution in [0.4, 0.5) is 5.82 Å². The van der Waals surface area contributed by atoms with Crippen molar-refractivity contribution in [2.24, 2.45) is 0 Å². The highest BCUT2D eigenvalue weighted by Gasteiger charge is 2.11. The number of anilines is 1. The van der Waals surface area contributed by atoms with E-state index in [-0.39, 0.29) is 22.3 Å². The number of rotatable bonds is 2. The predicted octanol–water partition coefficient (Wildman–Crippen LogP) is 1.48. The molecular formula is C10H7ClN4O2. The number of carbonyl (C=O) groups is 1.